The van der Waals surface area contributed by atoms with Gasteiger partial charge in [-0.1, -0.05) is 6.58 Å². The zero-order valence-electron chi connectivity index (χ0n) is 10.9. The molecule has 2 unspecified atom stereocenters. The van der Waals surface area contributed by atoms with Gasteiger partial charge in [0.2, 0.25) is 0 Å². The second kappa shape index (κ2) is 4.21. The van der Waals surface area contributed by atoms with Crippen LogP contribution in [0.1, 0.15) is 47.5 Å². The summed E-state index contributed by atoms with van der Waals surface area (Å²) in [4.78, 5) is 11.1. The average molecular weight is 226 g/mol. The Balaban J connectivity index is 2.52. The maximum atomic E-state index is 11.1. The molecule has 1 aliphatic heterocycles. The van der Waals surface area contributed by atoms with Crippen molar-refractivity contribution in [3.8, 4) is 0 Å². The standard InChI is InChI=1S/C13H22O3/c1-9(2)13(6,15-10(3)14)8-7-11-12(4,5)16-11/h11H,1,7-8H2,2-6H3. The number of epoxide rings is 1. The van der Waals surface area contributed by atoms with E-state index in [2.05, 4.69) is 20.4 Å². The Labute approximate surface area is 97.8 Å². The molecule has 0 aromatic heterocycles. The van der Waals surface area contributed by atoms with Gasteiger partial charge in [0.05, 0.1) is 11.7 Å². The van der Waals surface area contributed by atoms with Crippen molar-refractivity contribution in [2.24, 2.45) is 0 Å². The van der Waals surface area contributed by atoms with Crippen LogP contribution in [0.3, 0.4) is 0 Å². The van der Waals surface area contributed by atoms with E-state index in [4.69, 9.17) is 9.47 Å². The highest BCUT2D eigenvalue weighted by Crippen LogP contribution is 2.40. The number of hydrogen-bond acceptors (Lipinski definition) is 3. The van der Waals surface area contributed by atoms with Crippen LogP contribution in [0.25, 0.3) is 0 Å². The van der Waals surface area contributed by atoms with Crippen molar-refractivity contribution in [3.05, 3.63) is 12.2 Å². The highest BCUT2D eigenvalue weighted by atomic mass is 16.6. The molecule has 2 atom stereocenters. The summed E-state index contributed by atoms with van der Waals surface area (Å²) in [5.41, 5.74) is 0.307. The molecule has 0 aliphatic carbocycles. The van der Waals surface area contributed by atoms with Gasteiger partial charge >= 0.3 is 5.97 Å². The summed E-state index contributed by atoms with van der Waals surface area (Å²) in [7, 11) is 0. The minimum Gasteiger partial charge on any atom is -0.455 e. The fourth-order valence-electron chi connectivity index (χ4n) is 1.81. The fraction of sp³-hybridized carbons (Fsp3) is 0.769. The highest BCUT2D eigenvalue weighted by molar-refractivity contribution is 5.67. The smallest absolute Gasteiger partial charge is 0.303 e. The minimum atomic E-state index is -0.562. The van der Waals surface area contributed by atoms with E-state index in [0.29, 0.717) is 0 Å². The molecule has 92 valence electrons. The second-order valence-electron chi connectivity index (χ2n) is 5.35. The van der Waals surface area contributed by atoms with Crippen molar-refractivity contribution in [1.82, 2.24) is 0 Å². The second-order valence-corrected chi connectivity index (χ2v) is 5.35. The number of rotatable bonds is 5. The van der Waals surface area contributed by atoms with E-state index in [-0.39, 0.29) is 17.7 Å². The van der Waals surface area contributed by atoms with Crippen LogP contribution in [0.4, 0.5) is 0 Å². The molecular formula is C13H22O3. The third kappa shape index (κ3) is 3.08. The lowest BCUT2D eigenvalue weighted by molar-refractivity contribution is -0.152. The Hall–Kier alpha value is -0.830. The molecule has 0 radical (unpaired) electrons. The van der Waals surface area contributed by atoms with Gasteiger partial charge in [-0.2, -0.15) is 0 Å². The molecule has 1 fully saturated rings. The van der Waals surface area contributed by atoms with Crippen molar-refractivity contribution < 1.29 is 14.3 Å². The van der Waals surface area contributed by atoms with E-state index >= 15 is 0 Å². The summed E-state index contributed by atoms with van der Waals surface area (Å²) in [5, 5.41) is 0. The zero-order chi connectivity index (χ0) is 12.6. The highest BCUT2D eigenvalue weighted by Gasteiger charge is 2.48. The van der Waals surface area contributed by atoms with Gasteiger partial charge in [-0.05, 0) is 46.1 Å². The van der Waals surface area contributed by atoms with Crippen LogP contribution >= 0.6 is 0 Å². The average Bonchev–Trinajstić information content (AvgIpc) is 2.69. The van der Waals surface area contributed by atoms with Crippen LogP contribution in [-0.4, -0.2) is 23.3 Å². The molecule has 0 saturated carbocycles. The van der Waals surface area contributed by atoms with Crippen molar-refractivity contribution in [2.75, 3.05) is 0 Å². The zero-order valence-corrected chi connectivity index (χ0v) is 10.9. The van der Waals surface area contributed by atoms with E-state index in [1.165, 1.54) is 6.92 Å². The SMILES string of the molecule is C=C(C)C(C)(CCC1OC1(C)C)OC(C)=O. The molecule has 0 aromatic rings. The molecule has 0 bridgehead atoms. The van der Waals surface area contributed by atoms with Crippen molar-refractivity contribution >= 4 is 5.97 Å². The van der Waals surface area contributed by atoms with Crippen LogP contribution in [0.15, 0.2) is 12.2 Å². The first-order valence-electron chi connectivity index (χ1n) is 5.71. The van der Waals surface area contributed by atoms with Gasteiger partial charge in [0.1, 0.15) is 5.60 Å². The first-order valence-corrected chi connectivity index (χ1v) is 5.71. The van der Waals surface area contributed by atoms with Gasteiger partial charge in [0.15, 0.2) is 0 Å². The lowest BCUT2D eigenvalue weighted by atomic mass is 9.90. The summed E-state index contributed by atoms with van der Waals surface area (Å²) in [6.07, 6.45) is 1.93. The molecule has 1 saturated heterocycles. The molecule has 1 aliphatic rings. The summed E-state index contributed by atoms with van der Waals surface area (Å²) in [6.45, 7) is 13.3. The van der Waals surface area contributed by atoms with E-state index in [1.54, 1.807) is 0 Å². The Kier molecular flexibility index (Phi) is 3.48. The van der Waals surface area contributed by atoms with Gasteiger partial charge in [-0.25, -0.2) is 0 Å². The first kappa shape index (κ1) is 13.2. The molecule has 3 heteroatoms. The molecular weight excluding hydrogens is 204 g/mol. The summed E-state index contributed by atoms with van der Waals surface area (Å²) >= 11 is 0. The molecule has 16 heavy (non-hydrogen) atoms. The molecule has 1 rings (SSSR count). The lowest BCUT2D eigenvalue weighted by Gasteiger charge is -2.29. The van der Waals surface area contributed by atoms with Crippen LogP contribution in [0, 0.1) is 0 Å². The van der Waals surface area contributed by atoms with Crippen molar-refractivity contribution in [1.29, 1.82) is 0 Å². The van der Waals surface area contributed by atoms with E-state index < -0.39 is 5.60 Å². The summed E-state index contributed by atoms with van der Waals surface area (Å²) in [6, 6.07) is 0. The van der Waals surface area contributed by atoms with E-state index in [1.807, 2.05) is 13.8 Å². The van der Waals surface area contributed by atoms with Crippen molar-refractivity contribution in [2.45, 2.75) is 64.8 Å². The van der Waals surface area contributed by atoms with Gasteiger partial charge in [-0.15, -0.1) is 0 Å². The van der Waals surface area contributed by atoms with Crippen LogP contribution in [0.2, 0.25) is 0 Å². The molecule has 0 aromatic carbocycles. The number of esters is 1. The Morgan fingerprint density at radius 2 is 2.00 bits per heavy atom. The van der Waals surface area contributed by atoms with Crippen LogP contribution in [-0.2, 0) is 14.3 Å². The Morgan fingerprint density at radius 3 is 2.31 bits per heavy atom. The predicted octanol–water partition coefficient (Wildman–Crippen LogP) is 2.84. The van der Waals surface area contributed by atoms with Gasteiger partial charge in [0.25, 0.3) is 0 Å². The number of carbonyl (C=O) groups is 1. The molecule has 0 amide bonds. The quantitative estimate of drug-likeness (QED) is 0.411. The summed E-state index contributed by atoms with van der Waals surface area (Å²) < 4.78 is 10.9. The van der Waals surface area contributed by atoms with Gasteiger partial charge in [-0.3, -0.25) is 4.79 Å². The lowest BCUT2D eigenvalue weighted by Crippen LogP contribution is -2.32. The topological polar surface area (TPSA) is 38.8 Å². The first-order chi connectivity index (χ1) is 7.17. The van der Waals surface area contributed by atoms with Crippen LogP contribution < -0.4 is 0 Å². The summed E-state index contributed by atoms with van der Waals surface area (Å²) in [5.74, 6) is -0.263. The minimum absolute atomic E-state index is 0.00773. The predicted molar refractivity (Wildman–Crippen MR) is 63.2 cm³/mol. The van der Waals surface area contributed by atoms with E-state index in [9.17, 15) is 4.79 Å². The monoisotopic (exact) mass is 226 g/mol. The molecule has 1 heterocycles. The molecule has 0 N–H and O–H groups in total. The normalized spacial score (nSPS) is 25.7. The Morgan fingerprint density at radius 1 is 1.50 bits per heavy atom. The number of hydrogen-bond donors (Lipinski definition) is 0. The van der Waals surface area contributed by atoms with Crippen molar-refractivity contribution in [3.63, 3.8) is 0 Å². The third-order valence-corrected chi connectivity index (χ3v) is 3.32. The number of carbonyl (C=O) groups excluding carboxylic acids is 1. The maximum Gasteiger partial charge on any atom is 0.303 e. The molecule has 3 nitrogen and oxygen atoms in total. The Bertz CT molecular complexity index is 306. The van der Waals surface area contributed by atoms with Gasteiger partial charge in [0, 0.05) is 6.92 Å². The van der Waals surface area contributed by atoms with E-state index in [0.717, 1.165) is 18.4 Å². The van der Waals surface area contributed by atoms with Gasteiger partial charge < -0.3 is 9.47 Å². The third-order valence-electron chi connectivity index (χ3n) is 3.32. The fourth-order valence-corrected chi connectivity index (χ4v) is 1.81. The number of ether oxygens (including phenoxy) is 2. The molecule has 0 spiro atoms. The maximum absolute atomic E-state index is 11.1. The largest absolute Gasteiger partial charge is 0.455 e. The van der Waals surface area contributed by atoms with Crippen LogP contribution in [0.5, 0.6) is 0 Å².